The van der Waals surface area contributed by atoms with Crippen LogP contribution < -0.4 is 15.0 Å². The second-order valence-corrected chi connectivity index (χ2v) is 9.18. The molecule has 3 heterocycles. The van der Waals surface area contributed by atoms with Crippen molar-refractivity contribution >= 4 is 39.2 Å². The number of fused-ring (bicyclic) bond motifs is 2. The molecule has 1 saturated heterocycles. The van der Waals surface area contributed by atoms with Crippen LogP contribution in [0.3, 0.4) is 0 Å². The van der Waals surface area contributed by atoms with E-state index in [0.29, 0.717) is 41.8 Å². The van der Waals surface area contributed by atoms with Crippen molar-refractivity contribution in [2.24, 2.45) is 0 Å². The van der Waals surface area contributed by atoms with Crippen molar-refractivity contribution in [1.82, 2.24) is 30.4 Å². The van der Waals surface area contributed by atoms with E-state index in [4.69, 9.17) is 16.3 Å². The van der Waals surface area contributed by atoms with Crippen LogP contribution in [0.5, 0.6) is 6.01 Å². The number of ether oxygens (including phenoxy) is 1. The molecule has 4 aromatic rings. The Morgan fingerprint density at radius 3 is 2.69 bits per heavy atom. The lowest BCUT2D eigenvalue weighted by molar-refractivity contribution is 0.264. The number of nitrogens with one attached hydrogen (secondary N) is 2. The molecule has 1 aliphatic heterocycles. The molecule has 5 rings (SSSR count). The monoisotopic (exact) mass is 501 g/mol. The van der Waals surface area contributed by atoms with Crippen LogP contribution in [0.25, 0.3) is 32.9 Å². The number of hydrogen-bond acceptors (Lipinski definition) is 7. The van der Waals surface area contributed by atoms with Crippen molar-refractivity contribution < 1.29 is 13.5 Å². The SMILES string of the molecule is CN(C)CCCOc1nc(N2CCNCC2)c2cc(Cl)c(-c3c(F)ccc4[nH]ncc34)c(F)c2n1. The average molecular weight is 502 g/mol. The van der Waals surface area contributed by atoms with Gasteiger partial charge in [0.05, 0.1) is 23.3 Å². The Morgan fingerprint density at radius 1 is 1.11 bits per heavy atom. The minimum Gasteiger partial charge on any atom is -0.463 e. The summed E-state index contributed by atoms with van der Waals surface area (Å²) in [7, 11) is 3.96. The van der Waals surface area contributed by atoms with E-state index in [0.717, 1.165) is 26.1 Å². The second kappa shape index (κ2) is 9.88. The van der Waals surface area contributed by atoms with E-state index < -0.39 is 11.6 Å². The minimum atomic E-state index is -0.725. The Bertz CT molecular complexity index is 1370. The Labute approximate surface area is 206 Å². The maximum atomic E-state index is 16.2. The zero-order valence-corrected chi connectivity index (χ0v) is 20.3. The summed E-state index contributed by atoms with van der Waals surface area (Å²) >= 11 is 6.61. The molecule has 0 atom stereocenters. The first-order valence-corrected chi connectivity index (χ1v) is 11.9. The number of rotatable bonds is 7. The van der Waals surface area contributed by atoms with E-state index >= 15 is 8.78 Å². The summed E-state index contributed by atoms with van der Waals surface area (Å²) < 4.78 is 37.0. The first kappa shape index (κ1) is 23.7. The fourth-order valence-corrected chi connectivity index (χ4v) is 4.65. The highest BCUT2D eigenvalue weighted by Gasteiger charge is 2.25. The van der Waals surface area contributed by atoms with E-state index in [2.05, 4.69) is 35.3 Å². The molecule has 184 valence electrons. The van der Waals surface area contributed by atoms with Gasteiger partial charge in [-0.3, -0.25) is 5.10 Å². The highest BCUT2D eigenvalue weighted by molar-refractivity contribution is 6.35. The van der Waals surface area contributed by atoms with Crippen molar-refractivity contribution in [2.45, 2.75) is 6.42 Å². The van der Waals surface area contributed by atoms with Gasteiger partial charge in [0, 0.05) is 54.6 Å². The molecule has 1 fully saturated rings. The van der Waals surface area contributed by atoms with Crippen LogP contribution in [0.2, 0.25) is 5.02 Å². The van der Waals surface area contributed by atoms with Crippen LogP contribution in [-0.4, -0.2) is 78.5 Å². The summed E-state index contributed by atoms with van der Waals surface area (Å²) in [4.78, 5) is 13.1. The first-order valence-electron chi connectivity index (χ1n) is 11.5. The van der Waals surface area contributed by atoms with Gasteiger partial charge in [0.2, 0.25) is 0 Å². The molecular weight excluding hydrogens is 476 g/mol. The predicted molar refractivity (Wildman–Crippen MR) is 133 cm³/mol. The summed E-state index contributed by atoms with van der Waals surface area (Å²) in [5.74, 6) is -0.777. The van der Waals surface area contributed by atoms with Gasteiger partial charge in [0.15, 0.2) is 5.82 Å². The standard InChI is InChI=1S/C24H26ClF2N7O/c1-33(2)8-3-11-35-24-30-22-14(23(31-24)34-9-6-28-7-10-34)12-16(25)20(21(22)27)19-15-13-29-32-18(15)5-4-17(19)26/h4-5,12-13,28H,3,6-11H2,1-2H3,(H,29,32). The van der Waals surface area contributed by atoms with Gasteiger partial charge in [-0.05, 0) is 38.7 Å². The molecular formula is C24H26ClF2N7O. The molecule has 2 aromatic carbocycles. The lowest BCUT2D eigenvalue weighted by Gasteiger charge is -2.29. The molecule has 0 spiro atoms. The summed E-state index contributed by atoms with van der Waals surface area (Å²) in [5, 5.41) is 11.0. The second-order valence-electron chi connectivity index (χ2n) is 8.77. The van der Waals surface area contributed by atoms with Gasteiger partial charge in [-0.25, -0.2) is 8.78 Å². The van der Waals surface area contributed by atoms with Crippen molar-refractivity contribution in [3.8, 4) is 17.1 Å². The third-order valence-electron chi connectivity index (χ3n) is 6.06. The summed E-state index contributed by atoms with van der Waals surface area (Å²) in [6.07, 6.45) is 2.22. The van der Waals surface area contributed by atoms with E-state index in [-0.39, 0.29) is 27.7 Å². The number of anilines is 1. The van der Waals surface area contributed by atoms with Gasteiger partial charge in [0.25, 0.3) is 0 Å². The fraction of sp³-hybridized carbons (Fsp3) is 0.375. The first-order chi connectivity index (χ1) is 16.9. The van der Waals surface area contributed by atoms with Crippen molar-refractivity contribution in [3.63, 3.8) is 0 Å². The van der Waals surface area contributed by atoms with E-state index in [1.165, 1.54) is 12.3 Å². The quantitative estimate of drug-likeness (QED) is 0.372. The molecule has 0 unspecified atom stereocenters. The number of halogens is 3. The van der Waals surface area contributed by atoms with Gasteiger partial charge < -0.3 is 19.9 Å². The maximum absolute atomic E-state index is 16.2. The average Bonchev–Trinajstić information content (AvgIpc) is 3.32. The highest BCUT2D eigenvalue weighted by Crippen LogP contribution is 2.41. The van der Waals surface area contributed by atoms with Crippen LogP contribution in [0.4, 0.5) is 14.6 Å². The van der Waals surface area contributed by atoms with E-state index in [9.17, 15) is 0 Å². The molecule has 2 aromatic heterocycles. The number of hydrogen-bond donors (Lipinski definition) is 2. The van der Waals surface area contributed by atoms with Crippen molar-refractivity contribution in [1.29, 1.82) is 0 Å². The Morgan fingerprint density at radius 2 is 1.91 bits per heavy atom. The van der Waals surface area contributed by atoms with Crippen molar-refractivity contribution in [3.05, 3.63) is 41.1 Å². The Hall–Kier alpha value is -3.08. The van der Waals surface area contributed by atoms with Crippen LogP contribution in [-0.2, 0) is 0 Å². The molecule has 0 amide bonds. The van der Waals surface area contributed by atoms with Gasteiger partial charge in [-0.1, -0.05) is 11.6 Å². The molecule has 8 nitrogen and oxygen atoms in total. The number of nitrogens with zero attached hydrogens (tertiary/aromatic N) is 5. The number of benzene rings is 2. The van der Waals surface area contributed by atoms with Crippen LogP contribution >= 0.6 is 11.6 Å². The summed E-state index contributed by atoms with van der Waals surface area (Å²) in [5.41, 5.74) is 0.588. The molecule has 1 aliphatic rings. The van der Waals surface area contributed by atoms with E-state index in [1.807, 2.05) is 14.1 Å². The number of piperazine rings is 1. The van der Waals surface area contributed by atoms with Crippen LogP contribution in [0.15, 0.2) is 24.4 Å². The third kappa shape index (κ3) is 4.61. The molecule has 2 N–H and O–H groups in total. The van der Waals surface area contributed by atoms with Crippen LogP contribution in [0.1, 0.15) is 6.42 Å². The smallest absolute Gasteiger partial charge is 0.319 e. The lowest BCUT2D eigenvalue weighted by atomic mass is 9.98. The Balaban J connectivity index is 1.67. The zero-order chi connectivity index (χ0) is 24.5. The van der Waals surface area contributed by atoms with Gasteiger partial charge in [-0.15, -0.1) is 0 Å². The van der Waals surface area contributed by atoms with Gasteiger partial charge in [0.1, 0.15) is 17.2 Å². The Kier molecular flexibility index (Phi) is 6.68. The zero-order valence-electron chi connectivity index (χ0n) is 19.5. The van der Waals surface area contributed by atoms with E-state index in [1.54, 1.807) is 12.1 Å². The minimum absolute atomic E-state index is 0.0374. The number of aromatic nitrogens is 4. The predicted octanol–water partition coefficient (Wildman–Crippen LogP) is 3.84. The van der Waals surface area contributed by atoms with Gasteiger partial charge >= 0.3 is 6.01 Å². The number of H-pyrrole nitrogens is 1. The van der Waals surface area contributed by atoms with Crippen molar-refractivity contribution in [2.75, 3.05) is 58.3 Å². The summed E-state index contributed by atoms with van der Waals surface area (Å²) in [6.45, 7) is 4.14. The highest BCUT2D eigenvalue weighted by atomic mass is 35.5. The van der Waals surface area contributed by atoms with Crippen LogP contribution in [0, 0.1) is 11.6 Å². The normalized spacial score (nSPS) is 14.4. The maximum Gasteiger partial charge on any atom is 0.319 e. The van der Waals surface area contributed by atoms with Gasteiger partial charge in [-0.2, -0.15) is 15.1 Å². The molecule has 0 saturated carbocycles. The number of aromatic amines is 1. The molecule has 0 aliphatic carbocycles. The fourth-order valence-electron chi connectivity index (χ4n) is 4.36. The molecule has 0 bridgehead atoms. The molecule has 0 radical (unpaired) electrons. The molecule has 35 heavy (non-hydrogen) atoms. The summed E-state index contributed by atoms with van der Waals surface area (Å²) in [6, 6.07) is 4.51. The third-order valence-corrected chi connectivity index (χ3v) is 6.36. The molecule has 11 heteroatoms. The topological polar surface area (TPSA) is 82.2 Å². The lowest BCUT2D eigenvalue weighted by Crippen LogP contribution is -2.44. The largest absolute Gasteiger partial charge is 0.463 e.